The number of fused-ring (bicyclic) bond motifs is 1. The van der Waals surface area contributed by atoms with Crippen LogP contribution in [0, 0.1) is 11.8 Å². The molecule has 0 spiro atoms. The molecule has 0 atom stereocenters. The summed E-state index contributed by atoms with van der Waals surface area (Å²) in [5.41, 5.74) is 4.50. The van der Waals surface area contributed by atoms with Crippen LogP contribution >= 0.6 is 11.3 Å². The third-order valence-electron chi connectivity index (χ3n) is 4.06. The smallest absolute Gasteiger partial charge is 0.267 e. The lowest BCUT2D eigenvalue weighted by molar-refractivity contribution is 0.833. The molecule has 4 rings (SSSR count). The van der Waals surface area contributed by atoms with E-state index in [1.807, 2.05) is 60.8 Å². The summed E-state index contributed by atoms with van der Waals surface area (Å²) in [5, 5.41) is 2.42. The maximum Gasteiger partial charge on any atom is 0.267 e. The normalized spacial score (nSPS) is 10.5. The fourth-order valence-corrected chi connectivity index (χ4v) is 3.35. The first-order valence-corrected chi connectivity index (χ1v) is 9.22. The number of hydrogen-bond donors (Lipinski definition) is 0. The van der Waals surface area contributed by atoms with Gasteiger partial charge in [-0.15, -0.1) is 11.3 Å². The number of aryl methyl sites for hydroxylation is 1. The highest BCUT2D eigenvalue weighted by molar-refractivity contribution is 7.07. The fraction of sp³-hybridized carbons (Fsp3) is 0.0952. The molecule has 0 aliphatic heterocycles. The third kappa shape index (κ3) is 2.92. The SMILES string of the molecule is CCc1nc2cccc(C#Cc3cscn3)c2c(=O)n1-c1ccccc1. The highest BCUT2D eigenvalue weighted by atomic mass is 32.1. The molecule has 2 aromatic carbocycles. The van der Waals surface area contributed by atoms with Gasteiger partial charge in [0.25, 0.3) is 5.56 Å². The predicted molar refractivity (Wildman–Crippen MR) is 105 cm³/mol. The van der Waals surface area contributed by atoms with Crippen LogP contribution in [0.4, 0.5) is 0 Å². The van der Waals surface area contributed by atoms with E-state index in [1.54, 1.807) is 10.1 Å². The molecule has 0 fully saturated rings. The number of benzene rings is 2. The number of para-hydroxylation sites is 1. The Hall–Kier alpha value is -3.23. The average Bonchev–Trinajstić information content (AvgIpc) is 3.20. The van der Waals surface area contributed by atoms with Crippen LogP contribution in [0.3, 0.4) is 0 Å². The van der Waals surface area contributed by atoms with E-state index in [9.17, 15) is 4.79 Å². The predicted octanol–water partition coefficient (Wildman–Crippen LogP) is 3.80. The third-order valence-corrected chi connectivity index (χ3v) is 4.64. The van der Waals surface area contributed by atoms with Crippen LogP contribution < -0.4 is 5.56 Å². The zero-order valence-corrected chi connectivity index (χ0v) is 15.0. The first-order valence-electron chi connectivity index (χ1n) is 8.28. The summed E-state index contributed by atoms with van der Waals surface area (Å²) < 4.78 is 1.68. The number of rotatable bonds is 2. The number of nitrogens with zero attached hydrogens (tertiary/aromatic N) is 3. The first kappa shape index (κ1) is 16.2. The van der Waals surface area contributed by atoms with Gasteiger partial charge in [0.05, 0.1) is 22.1 Å². The fourth-order valence-electron chi connectivity index (χ4n) is 2.87. The maximum atomic E-state index is 13.3. The Bertz CT molecular complexity index is 1180. The van der Waals surface area contributed by atoms with Crippen molar-refractivity contribution in [2.45, 2.75) is 13.3 Å². The van der Waals surface area contributed by atoms with Crippen LogP contribution in [0.2, 0.25) is 0 Å². The molecule has 0 amide bonds. The van der Waals surface area contributed by atoms with Crippen molar-refractivity contribution in [3.8, 4) is 17.5 Å². The number of hydrogen-bond acceptors (Lipinski definition) is 4. The van der Waals surface area contributed by atoms with Gasteiger partial charge in [-0.25, -0.2) is 9.97 Å². The Morgan fingerprint density at radius 3 is 2.65 bits per heavy atom. The van der Waals surface area contributed by atoms with E-state index in [0.717, 1.165) is 11.5 Å². The molecule has 0 aliphatic rings. The van der Waals surface area contributed by atoms with Gasteiger partial charge in [-0.1, -0.05) is 37.1 Å². The summed E-state index contributed by atoms with van der Waals surface area (Å²) in [6.07, 6.45) is 0.662. The van der Waals surface area contributed by atoms with Crippen LogP contribution in [0.5, 0.6) is 0 Å². The molecule has 4 aromatic rings. The van der Waals surface area contributed by atoms with Crippen molar-refractivity contribution in [2.75, 3.05) is 0 Å². The van der Waals surface area contributed by atoms with Crippen LogP contribution in [0.1, 0.15) is 24.0 Å². The quantitative estimate of drug-likeness (QED) is 0.513. The highest BCUT2D eigenvalue weighted by Gasteiger charge is 2.13. The van der Waals surface area contributed by atoms with Gasteiger partial charge in [-0.05, 0) is 30.2 Å². The van der Waals surface area contributed by atoms with Crippen LogP contribution in [-0.2, 0) is 6.42 Å². The van der Waals surface area contributed by atoms with E-state index in [0.29, 0.717) is 28.6 Å². The minimum absolute atomic E-state index is 0.0961. The van der Waals surface area contributed by atoms with Crippen LogP contribution in [-0.4, -0.2) is 14.5 Å². The van der Waals surface area contributed by atoms with Gasteiger partial charge in [-0.2, -0.15) is 0 Å². The second kappa shape index (κ2) is 6.95. The zero-order valence-electron chi connectivity index (χ0n) is 14.1. The van der Waals surface area contributed by atoms with Gasteiger partial charge in [-0.3, -0.25) is 9.36 Å². The Labute approximate surface area is 154 Å². The zero-order chi connectivity index (χ0) is 17.9. The van der Waals surface area contributed by atoms with Crippen molar-refractivity contribution >= 4 is 22.2 Å². The summed E-state index contributed by atoms with van der Waals surface area (Å²) >= 11 is 1.49. The molecule has 26 heavy (non-hydrogen) atoms. The van der Waals surface area contributed by atoms with Crippen molar-refractivity contribution < 1.29 is 0 Å². The summed E-state index contributed by atoms with van der Waals surface area (Å²) in [4.78, 5) is 22.2. The minimum atomic E-state index is -0.0961. The van der Waals surface area contributed by atoms with E-state index in [-0.39, 0.29) is 5.56 Å². The summed E-state index contributed by atoms with van der Waals surface area (Å²) in [6.45, 7) is 2.00. The van der Waals surface area contributed by atoms with Crippen LogP contribution in [0.25, 0.3) is 16.6 Å². The molecular weight excluding hydrogens is 342 g/mol. The van der Waals surface area contributed by atoms with E-state index >= 15 is 0 Å². The van der Waals surface area contributed by atoms with Gasteiger partial charge in [0.1, 0.15) is 11.5 Å². The Morgan fingerprint density at radius 1 is 1.08 bits per heavy atom. The van der Waals surface area contributed by atoms with Crippen molar-refractivity contribution in [2.24, 2.45) is 0 Å². The Balaban J connectivity index is 2.00. The molecule has 0 unspecified atom stereocenters. The standard InChI is InChI=1S/C21H15N3OS/c1-2-19-23-18-10-6-7-15(11-12-16-13-26-14-22-16)20(18)21(25)24(19)17-8-4-3-5-9-17/h3-10,13-14H,2H2,1H3. The molecule has 2 heterocycles. The molecule has 0 N–H and O–H groups in total. The van der Waals surface area contributed by atoms with Crippen molar-refractivity contribution in [1.82, 2.24) is 14.5 Å². The number of aromatic nitrogens is 3. The lowest BCUT2D eigenvalue weighted by atomic mass is 10.1. The lowest BCUT2D eigenvalue weighted by Gasteiger charge is -2.13. The first-order chi connectivity index (χ1) is 12.8. The molecule has 0 bridgehead atoms. The summed E-state index contributed by atoms with van der Waals surface area (Å²) in [7, 11) is 0. The van der Waals surface area contributed by atoms with Gasteiger partial charge < -0.3 is 0 Å². The molecular formula is C21H15N3OS. The second-order valence-electron chi connectivity index (χ2n) is 5.68. The lowest BCUT2D eigenvalue weighted by Crippen LogP contribution is -2.24. The summed E-state index contributed by atoms with van der Waals surface area (Å²) in [6, 6.07) is 15.2. The molecule has 0 saturated heterocycles. The van der Waals surface area contributed by atoms with Crippen LogP contribution in [0.15, 0.2) is 64.2 Å². The van der Waals surface area contributed by atoms with E-state index in [4.69, 9.17) is 4.98 Å². The minimum Gasteiger partial charge on any atom is -0.268 e. The van der Waals surface area contributed by atoms with Crippen molar-refractivity contribution in [1.29, 1.82) is 0 Å². The van der Waals surface area contributed by atoms with Gasteiger partial charge in [0.2, 0.25) is 0 Å². The van der Waals surface area contributed by atoms with Gasteiger partial charge in [0.15, 0.2) is 0 Å². The van der Waals surface area contributed by atoms with E-state index < -0.39 is 0 Å². The van der Waals surface area contributed by atoms with E-state index in [1.165, 1.54) is 11.3 Å². The Kier molecular flexibility index (Phi) is 4.34. The average molecular weight is 357 g/mol. The van der Waals surface area contributed by atoms with Crippen molar-refractivity contribution in [3.63, 3.8) is 0 Å². The molecule has 0 aliphatic carbocycles. The Morgan fingerprint density at radius 2 is 1.92 bits per heavy atom. The largest absolute Gasteiger partial charge is 0.268 e. The molecule has 126 valence electrons. The molecule has 0 saturated carbocycles. The highest BCUT2D eigenvalue weighted by Crippen LogP contribution is 2.16. The van der Waals surface area contributed by atoms with Gasteiger partial charge >= 0.3 is 0 Å². The monoisotopic (exact) mass is 357 g/mol. The number of thiazole rings is 1. The van der Waals surface area contributed by atoms with E-state index in [2.05, 4.69) is 16.8 Å². The van der Waals surface area contributed by atoms with Crippen molar-refractivity contribution in [3.05, 3.63) is 86.9 Å². The molecule has 0 radical (unpaired) electrons. The molecule has 2 aromatic heterocycles. The second-order valence-corrected chi connectivity index (χ2v) is 6.40. The molecule has 5 heteroatoms. The van der Waals surface area contributed by atoms with Gasteiger partial charge in [0, 0.05) is 17.4 Å². The topological polar surface area (TPSA) is 47.8 Å². The molecule has 4 nitrogen and oxygen atoms in total. The maximum absolute atomic E-state index is 13.3. The summed E-state index contributed by atoms with van der Waals surface area (Å²) in [5.74, 6) is 6.84.